The molecule has 18 heavy (non-hydrogen) atoms. The van der Waals surface area contributed by atoms with Gasteiger partial charge in [-0.2, -0.15) is 0 Å². The van der Waals surface area contributed by atoms with Crippen LogP contribution in [0.3, 0.4) is 0 Å². The highest BCUT2D eigenvalue weighted by molar-refractivity contribution is 5.89. The monoisotopic (exact) mass is 247 g/mol. The minimum Gasteiger partial charge on any atom is -0.459 e. The first-order valence-corrected chi connectivity index (χ1v) is 6.53. The summed E-state index contributed by atoms with van der Waals surface area (Å²) in [7, 11) is 0. The molecule has 0 atom stereocenters. The number of anilines is 1. The van der Waals surface area contributed by atoms with Gasteiger partial charge in [-0.15, -0.1) is 0 Å². The Hall–Kier alpha value is -1.51. The minimum atomic E-state index is -0.236. The van der Waals surface area contributed by atoms with Crippen LogP contribution in [-0.4, -0.2) is 12.1 Å². The van der Waals surface area contributed by atoms with E-state index in [1.54, 1.807) is 24.3 Å². The lowest BCUT2D eigenvalue weighted by molar-refractivity contribution is 0.00952. The van der Waals surface area contributed by atoms with Gasteiger partial charge in [-0.25, -0.2) is 4.79 Å². The number of nitrogen functional groups attached to an aromatic ring is 1. The van der Waals surface area contributed by atoms with Crippen molar-refractivity contribution < 1.29 is 9.53 Å². The van der Waals surface area contributed by atoms with Crippen LogP contribution in [0.2, 0.25) is 0 Å². The van der Waals surface area contributed by atoms with Gasteiger partial charge in [0, 0.05) is 5.69 Å². The van der Waals surface area contributed by atoms with E-state index in [9.17, 15) is 4.79 Å². The standard InChI is InChI=1S/C15H21NO2/c1-15(2)9-7-13(8-10-15)18-14(17)11-3-5-12(16)6-4-11/h3-6,13H,7-10,16H2,1-2H3. The molecule has 0 unspecified atom stereocenters. The Morgan fingerprint density at radius 1 is 1.22 bits per heavy atom. The Morgan fingerprint density at radius 2 is 1.78 bits per heavy atom. The Kier molecular flexibility index (Phi) is 3.60. The molecule has 1 aromatic rings. The van der Waals surface area contributed by atoms with Crippen molar-refractivity contribution in [3.63, 3.8) is 0 Å². The van der Waals surface area contributed by atoms with Gasteiger partial charge >= 0.3 is 5.97 Å². The summed E-state index contributed by atoms with van der Waals surface area (Å²) in [5.41, 5.74) is 7.22. The Bertz CT molecular complexity index is 413. The van der Waals surface area contributed by atoms with Crippen LogP contribution in [-0.2, 0) is 4.74 Å². The molecule has 0 spiro atoms. The van der Waals surface area contributed by atoms with Crippen LogP contribution in [0.5, 0.6) is 0 Å². The summed E-state index contributed by atoms with van der Waals surface area (Å²) in [6.45, 7) is 4.54. The lowest BCUT2D eigenvalue weighted by Crippen LogP contribution is -2.28. The summed E-state index contributed by atoms with van der Waals surface area (Å²) in [5.74, 6) is -0.236. The topological polar surface area (TPSA) is 52.3 Å². The van der Waals surface area contributed by atoms with Gasteiger partial charge in [0.15, 0.2) is 0 Å². The average Bonchev–Trinajstić information content (AvgIpc) is 2.33. The van der Waals surface area contributed by atoms with Gasteiger partial charge in [0.2, 0.25) is 0 Å². The first-order chi connectivity index (χ1) is 8.46. The summed E-state index contributed by atoms with van der Waals surface area (Å²) < 4.78 is 5.53. The van der Waals surface area contributed by atoms with Crippen molar-refractivity contribution in [1.82, 2.24) is 0 Å². The second kappa shape index (κ2) is 5.01. The predicted molar refractivity (Wildman–Crippen MR) is 72.3 cm³/mol. The lowest BCUT2D eigenvalue weighted by Gasteiger charge is -2.33. The fourth-order valence-corrected chi connectivity index (χ4v) is 2.33. The maximum Gasteiger partial charge on any atom is 0.338 e. The Labute approximate surface area is 108 Å². The van der Waals surface area contributed by atoms with E-state index < -0.39 is 0 Å². The number of ether oxygens (including phenoxy) is 1. The van der Waals surface area contributed by atoms with E-state index in [1.165, 1.54) is 0 Å². The Morgan fingerprint density at radius 3 is 2.33 bits per heavy atom. The second-order valence-corrected chi connectivity index (χ2v) is 5.89. The van der Waals surface area contributed by atoms with E-state index in [1.807, 2.05) is 0 Å². The molecule has 2 rings (SSSR count). The number of rotatable bonds is 2. The van der Waals surface area contributed by atoms with Crippen LogP contribution in [0, 0.1) is 5.41 Å². The number of benzene rings is 1. The quantitative estimate of drug-likeness (QED) is 0.643. The van der Waals surface area contributed by atoms with E-state index in [-0.39, 0.29) is 12.1 Å². The molecule has 0 aromatic heterocycles. The largest absolute Gasteiger partial charge is 0.459 e. The molecule has 2 N–H and O–H groups in total. The van der Waals surface area contributed by atoms with Crippen LogP contribution < -0.4 is 5.73 Å². The van der Waals surface area contributed by atoms with Gasteiger partial charge in [0.05, 0.1) is 5.56 Å². The van der Waals surface area contributed by atoms with Crippen molar-refractivity contribution >= 4 is 11.7 Å². The third-order valence-electron chi connectivity index (χ3n) is 3.71. The van der Waals surface area contributed by atoms with Crippen molar-refractivity contribution in [2.24, 2.45) is 5.41 Å². The second-order valence-electron chi connectivity index (χ2n) is 5.89. The highest BCUT2D eigenvalue weighted by atomic mass is 16.5. The van der Waals surface area contributed by atoms with E-state index >= 15 is 0 Å². The van der Waals surface area contributed by atoms with Crippen molar-refractivity contribution in [2.75, 3.05) is 5.73 Å². The van der Waals surface area contributed by atoms with Crippen LogP contribution >= 0.6 is 0 Å². The van der Waals surface area contributed by atoms with Crippen molar-refractivity contribution in [3.05, 3.63) is 29.8 Å². The van der Waals surface area contributed by atoms with Crippen molar-refractivity contribution in [3.8, 4) is 0 Å². The van der Waals surface area contributed by atoms with Crippen molar-refractivity contribution in [1.29, 1.82) is 0 Å². The number of esters is 1. The summed E-state index contributed by atoms with van der Waals surface area (Å²) >= 11 is 0. The maximum absolute atomic E-state index is 11.9. The molecule has 0 saturated heterocycles. The molecule has 0 heterocycles. The first kappa shape index (κ1) is 12.9. The first-order valence-electron chi connectivity index (χ1n) is 6.53. The summed E-state index contributed by atoms with van der Waals surface area (Å²) in [6, 6.07) is 6.87. The maximum atomic E-state index is 11.9. The fraction of sp³-hybridized carbons (Fsp3) is 0.533. The molecule has 0 bridgehead atoms. The average molecular weight is 247 g/mol. The van der Waals surface area contributed by atoms with Gasteiger partial charge < -0.3 is 10.5 Å². The molecule has 1 aliphatic rings. The highest BCUT2D eigenvalue weighted by Gasteiger charge is 2.28. The summed E-state index contributed by atoms with van der Waals surface area (Å²) in [5, 5.41) is 0. The van der Waals surface area contributed by atoms with E-state index in [4.69, 9.17) is 10.5 Å². The number of carbonyl (C=O) groups excluding carboxylic acids is 1. The minimum absolute atomic E-state index is 0.0723. The van der Waals surface area contributed by atoms with E-state index in [0.29, 0.717) is 16.7 Å². The van der Waals surface area contributed by atoms with Gasteiger partial charge in [0.1, 0.15) is 6.10 Å². The number of nitrogens with two attached hydrogens (primary N) is 1. The van der Waals surface area contributed by atoms with Crippen molar-refractivity contribution in [2.45, 2.75) is 45.6 Å². The smallest absolute Gasteiger partial charge is 0.338 e. The molecule has 3 nitrogen and oxygen atoms in total. The number of hydrogen-bond donors (Lipinski definition) is 1. The zero-order valence-electron chi connectivity index (χ0n) is 11.1. The van der Waals surface area contributed by atoms with E-state index in [2.05, 4.69) is 13.8 Å². The molecule has 1 saturated carbocycles. The molecule has 0 aliphatic heterocycles. The third-order valence-corrected chi connectivity index (χ3v) is 3.71. The summed E-state index contributed by atoms with van der Waals surface area (Å²) in [6.07, 6.45) is 4.24. The van der Waals surface area contributed by atoms with Crippen LogP contribution in [0.1, 0.15) is 49.9 Å². The molecule has 0 radical (unpaired) electrons. The molecule has 1 aliphatic carbocycles. The predicted octanol–water partition coefficient (Wildman–Crippen LogP) is 3.39. The fourth-order valence-electron chi connectivity index (χ4n) is 2.33. The third kappa shape index (κ3) is 3.25. The van der Waals surface area contributed by atoms with Gasteiger partial charge in [-0.3, -0.25) is 0 Å². The molecule has 98 valence electrons. The molecule has 3 heteroatoms. The lowest BCUT2D eigenvalue weighted by atomic mass is 9.76. The summed E-state index contributed by atoms with van der Waals surface area (Å²) in [4.78, 5) is 11.9. The molecule has 0 amide bonds. The number of hydrogen-bond acceptors (Lipinski definition) is 3. The SMILES string of the molecule is CC1(C)CCC(OC(=O)c2ccc(N)cc2)CC1. The van der Waals surface area contributed by atoms with E-state index in [0.717, 1.165) is 25.7 Å². The molecule has 1 fully saturated rings. The molecular weight excluding hydrogens is 226 g/mol. The zero-order chi connectivity index (χ0) is 13.2. The Balaban J connectivity index is 1.90. The van der Waals surface area contributed by atoms with Gasteiger partial charge in [0.25, 0.3) is 0 Å². The van der Waals surface area contributed by atoms with Crippen LogP contribution in [0.4, 0.5) is 5.69 Å². The van der Waals surface area contributed by atoms with Gasteiger partial charge in [-0.1, -0.05) is 13.8 Å². The van der Waals surface area contributed by atoms with Gasteiger partial charge in [-0.05, 0) is 55.4 Å². The normalized spacial score (nSPS) is 19.4. The highest BCUT2D eigenvalue weighted by Crippen LogP contribution is 2.36. The van der Waals surface area contributed by atoms with Crippen LogP contribution in [0.15, 0.2) is 24.3 Å². The van der Waals surface area contributed by atoms with Crippen LogP contribution in [0.25, 0.3) is 0 Å². The zero-order valence-corrected chi connectivity index (χ0v) is 11.1. The molecule has 1 aromatic carbocycles. The number of carbonyl (C=O) groups is 1. The molecular formula is C15H21NO2.